The molecule has 106 valence electrons. The molecule has 0 aromatic carbocycles. The van der Waals surface area contributed by atoms with Crippen LogP contribution in [0.3, 0.4) is 0 Å². The molecule has 0 aliphatic carbocycles. The molecular weight excluding hydrogens is 262 g/mol. The Balaban J connectivity index is 2.19. The first-order valence-corrected chi connectivity index (χ1v) is 7.33. The smallest absolute Gasteiger partial charge is 0.231 e. The topological polar surface area (TPSA) is 53.9 Å². The van der Waals surface area contributed by atoms with Crippen molar-refractivity contribution in [2.24, 2.45) is 0 Å². The third-order valence-corrected chi connectivity index (χ3v) is 3.74. The van der Waals surface area contributed by atoms with Gasteiger partial charge >= 0.3 is 0 Å². The van der Waals surface area contributed by atoms with Gasteiger partial charge in [-0.2, -0.15) is 15.0 Å². The molecule has 0 radical (unpaired) electrons. The van der Waals surface area contributed by atoms with Gasteiger partial charge < -0.3 is 10.2 Å². The van der Waals surface area contributed by atoms with Crippen LogP contribution in [0.25, 0.3) is 0 Å². The molecule has 0 bridgehead atoms. The maximum Gasteiger partial charge on any atom is 0.231 e. The Morgan fingerprint density at radius 1 is 1.16 bits per heavy atom. The third kappa shape index (κ3) is 3.93. The standard InChI is InChI=1S/C13H22ClN5/c1-4-13(2,3)18-11-15-10(14)16-12(17-11)19-8-6-5-7-9-19/h4-9H2,1-3H3,(H,15,16,17,18). The van der Waals surface area contributed by atoms with Crippen LogP contribution in [-0.2, 0) is 0 Å². The second kappa shape index (κ2) is 5.90. The van der Waals surface area contributed by atoms with Crippen molar-refractivity contribution in [3.8, 4) is 0 Å². The lowest BCUT2D eigenvalue weighted by molar-refractivity contribution is 0.539. The van der Waals surface area contributed by atoms with Gasteiger partial charge in [-0.1, -0.05) is 6.92 Å². The molecule has 2 heterocycles. The summed E-state index contributed by atoms with van der Waals surface area (Å²) in [6.07, 6.45) is 4.64. The number of hydrogen-bond donors (Lipinski definition) is 1. The highest BCUT2D eigenvalue weighted by Crippen LogP contribution is 2.21. The average Bonchev–Trinajstić information content (AvgIpc) is 2.38. The van der Waals surface area contributed by atoms with E-state index in [2.05, 4.69) is 45.9 Å². The van der Waals surface area contributed by atoms with Crippen molar-refractivity contribution in [1.29, 1.82) is 0 Å². The van der Waals surface area contributed by atoms with Crippen LogP contribution in [0.15, 0.2) is 0 Å². The molecule has 19 heavy (non-hydrogen) atoms. The Morgan fingerprint density at radius 3 is 2.47 bits per heavy atom. The van der Waals surface area contributed by atoms with Gasteiger partial charge in [0.05, 0.1) is 0 Å². The highest BCUT2D eigenvalue weighted by atomic mass is 35.5. The number of rotatable bonds is 4. The van der Waals surface area contributed by atoms with Crippen LogP contribution in [0.5, 0.6) is 0 Å². The van der Waals surface area contributed by atoms with Crippen molar-refractivity contribution >= 4 is 23.5 Å². The number of anilines is 2. The van der Waals surface area contributed by atoms with E-state index >= 15 is 0 Å². The minimum absolute atomic E-state index is 0.0517. The Bertz CT molecular complexity index is 429. The lowest BCUT2D eigenvalue weighted by Crippen LogP contribution is -2.33. The van der Waals surface area contributed by atoms with E-state index in [0.29, 0.717) is 11.9 Å². The van der Waals surface area contributed by atoms with E-state index in [1.807, 2.05) is 0 Å². The number of hydrogen-bond acceptors (Lipinski definition) is 5. The molecule has 1 fully saturated rings. The van der Waals surface area contributed by atoms with Gasteiger partial charge in [0.1, 0.15) is 0 Å². The Morgan fingerprint density at radius 2 is 1.84 bits per heavy atom. The molecule has 1 saturated heterocycles. The summed E-state index contributed by atoms with van der Waals surface area (Å²) in [5.74, 6) is 1.25. The highest BCUT2D eigenvalue weighted by molar-refractivity contribution is 6.28. The maximum absolute atomic E-state index is 6.01. The van der Waals surface area contributed by atoms with Gasteiger partial charge in [0.2, 0.25) is 17.2 Å². The first kappa shape index (κ1) is 14.3. The van der Waals surface area contributed by atoms with E-state index in [-0.39, 0.29) is 10.8 Å². The highest BCUT2D eigenvalue weighted by Gasteiger charge is 2.19. The summed E-state index contributed by atoms with van der Waals surface area (Å²) in [4.78, 5) is 15.1. The number of piperidine rings is 1. The summed E-state index contributed by atoms with van der Waals surface area (Å²) in [7, 11) is 0. The fourth-order valence-corrected chi connectivity index (χ4v) is 2.18. The minimum atomic E-state index is -0.0517. The normalized spacial score (nSPS) is 16.5. The third-order valence-electron chi connectivity index (χ3n) is 3.57. The summed E-state index contributed by atoms with van der Waals surface area (Å²) >= 11 is 6.01. The van der Waals surface area contributed by atoms with Crippen LogP contribution >= 0.6 is 11.6 Å². The summed E-state index contributed by atoms with van der Waals surface area (Å²) in [6, 6.07) is 0. The second-order valence-corrected chi connectivity index (χ2v) is 5.98. The molecule has 0 spiro atoms. The fourth-order valence-electron chi connectivity index (χ4n) is 2.02. The molecule has 1 aromatic heterocycles. The van der Waals surface area contributed by atoms with Gasteiger partial charge in [-0.15, -0.1) is 0 Å². The zero-order chi connectivity index (χ0) is 13.9. The van der Waals surface area contributed by atoms with E-state index in [0.717, 1.165) is 19.5 Å². The quantitative estimate of drug-likeness (QED) is 0.920. The van der Waals surface area contributed by atoms with E-state index in [9.17, 15) is 0 Å². The van der Waals surface area contributed by atoms with E-state index in [1.165, 1.54) is 19.3 Å². The van der Waals surface area contributed by atoms with Crippen LogP contribution in [0.1, 0.15) is 46.5 Å². The van der Waals surface area contributed by atoms with Crippen LogP contribution in [0, 0.1) is 0 Å². The molecule has 6 heteroatoms. The van der Waals surface area contributed by atoms with Crippen molar-refractivity contribution in [2.45, 2.75) is 52.0 Å². The lowest BCUT2D eigenvalue weighted by atomic mass is 10.0. The zero-order valence-electron chi connectivity index (χ0n) is 11.9. The predicted octanol–water partition coefficient (Wildman–Crippen LogP) is 3.12. The molecule has 0 unspecified atom stereocenters. The van der Waals surface area contributed by atoms with Gasteiger partial charge in [-0.3, -0.25) is 0 Å². The first-order valence-electron chi connectivity index (χ1n) is 6.95. The van der Waals surface area contributed by atoms with E-state index < -0.39 is 0 Å². The van der Waals surface area contributed by atoms with Gasteiger partial charge in [-0.25, -0.2) is 0 Å². The number of nitrogens with one attached hydrogen (secondary N) is 1. The van der Waals surface area contributed by atoms with Crippen molar-refractivity contribution in [3.05, 3.63) is 5.28 Å². The fraction of sp³-hybridized carbons (Fsp3) is 0.769. The summed E-state index contributed by atoms with van der Waals surface area (Å²) in [6.45, 7) is 8.35. The van der Waals surface area contributed by atoms with Crippen molar-refractivity contribution in [3.63, 3.8) is 0 Å². The van der Waals surface area contributed by atoms with Gasteiger partial charge in [0.25, 0.3) is 0 Å². The first-order chi connectivity index (χ1) is 9.00. The van der Waals surface area contributed by atoms with E-state index in [1.54, 1.807) is 0 Å². The van der Waals surface area contributed by atoms with Gasteiger partial charge in [0, 0.05) is 18.6 Å². The van der Waals surface area contributed by atoms with Gasteiger partial charge in [0.15, 0.2) is 0 Å². The largest absolute Gasteiger partial charge is 0.349 e. The van der Waals surface area contributed by atoms with Crippen molar-refractivity contribution < 1.29 is 0 Å². The predicted molar refractivity (Wildman–Crippen MR) is 78.9 cm³/mol. The summed E-state index contributed by atoms with van der Waals surface area (Å²) in [5, 5.41) is 3.57. The SMILES string of the molecule is CCC(C)(C)Nc1nc(Cl)nc(N2CCCCC2)n1. The molecule has 1 aromatic rings. The molecule has 5 nitrogen and oxygen atoms in total. The van der Waals surface area contributed by atoms with E-state index in [4.69, 9.17) is 11.6 Å². The lowest BCUT2D eigenvalue weighted by Gasteiger charge is -2.28. The Hall–Kier alpha value is -1.10. The summed E-state index contributed by atoms with van der Waals surface area (Å²) in [5.41, 5.74) is -0.0517. The minimum Gasteiger partial charge on any atom is -0.349 e. The van der Waals surface area contributed by atoms with Crippen molar-refractivity contribution in [2.75, 3.05) is 23.3 Å². The van der Waals surface area contributed by atoms with Crippen LogP contribution in [-0.4, -0.2) is 33.6 Å². The molecule has 0 saturated carbocycles. The number of aromatic nitrogens is 3. The van der Waals surface area contributed by atoms with Crippen LogP contribution < -0.4 is 10.2 Å². The molecule has 0 atom stereocenters. The van der Waals surface area contributed by atoms with Crippen LogP contribution in [0.4, 0.5) is 11.9 Å². The molecule has 1 aliphatic rings. The monoisotopic (exact) mass is 283 g/mol. The maximum atomic E-state index is 6.01. The number of nitrogens with zero attached hydrogens (tertiary/aromatic N) is 4. The van der Waals surface area contributed by atoms with Gasteiger partial charge in [-0.05, 0) is 51.1 Å². The second-order valence-electron chi connectivity index (χ2n) is 5.64. The molecular formula is C13H22ClN5. The Labute approximate surface area is 119 Å². The number of halogens is 1. The van der Waals surface area contributed by atoms with Crippen LogP contribution in [0.2, 0.25) is 5.28 Å². The Kier molecular flexibility index (Phi) is 4.45. The zero-order valence-corrected chi connectivity index (χ0v) is 12.7. The molecule has 1 N–H and O–H groups in total. The molecule has 2 rings (SSSR count). The summed E-state index contributed by atoms with van der Waals surface area (Å²) < 4.78 is 0. The van der Waals surface area contributed by atoms with Crippen molar-refractivity contribution in [1.82, 2.24) is 15.0 Å². The molecule has 1 aliphatic heterocycles. The molecule has 0 amide bonds. The average molecular weight is 284 g/mol.